The summed E-state index contributed by atoms with van der Waals surface area (Å²) in [5.74, 6) is -1.52. The average Bonchev–Trinajstić information content (AvgIpc) is 3.78. The maximum atomic E-state index is 11.6. The molecule has 51 heavy (non-hydrogen) atoms. The van der Waals surface area contributed by atoms with E-state index in [1.54, 1.807) is 36.5 Å². The molecule has 0 bridgehead atoms. The van der Waals surface area contributed by atoms with Crippen molar-refractivity contribution in [3.63, 3.8) is 0 Å². The summed E-state index contributed by atoms with van der Waals surface area (Å²) in [5.41, 5.74) is 6.47. The van der Waals surface area contributed by atoms with E-state index >= 15 is 0 Å². The highest BCUT2D eigenvalue weighted by atomic mass is 16.6. The third-order valence-corrected chi connectivity index (χ3v) is 6.57. The van der Waals surface area contributed by atoms with E-state index in [9.17, 15) is 29.8 Å². The number of carbonyl (C=O) groups excluding carboxylic acids is 1. The molecular formula is C32H22N8O11. The molecular weight excluding hydrogens is 672 g/mol. The maximum absolute atomic E-state index is 11.6. The van der Waals surface area contributed by atoms with Crippen molar-refractivity contribution in [1.82, 2.24) is 24.9 Å². The van der Waals surface area contributed by atoms with E-state index < -0.39 is 21.8 Å². The van der Waals surface area contributed by atoms with Gasteiger partial charge in [0.15, 0.2) is 34.0 Å². The number of methoxy groups -OCH3 is 1. The highest BCUT2D eigenvalue weighted by Gasteiger charge is 2.20. The van der Waals surface area contributed by atoms with Crippen LogP contribution in [0.3, 0.4) is 0 Å². The van der Waals surface area contributed by atoms with Gasteiger partial charge in [0.2, 0.25) is 11.8 Å². The number of nitrogens with two attached hydrogens (primary N) is 1. The van der Waals surface area contributed by atoms with Crippen molar-refractivity contribution < 1.29 is 43.2 Å². The minimum Gasteiger partial charge on any atom is -0.504 e. The number of hydrogen-bond donors (Lipinski definition) is 3. The van der Waals surface area contributed by atoms with E-state index in [0.717, 1.165) is 12.1 Å². The number of oxazole rings is 2. The molecule has 0 aliphatic heterocycles. The molecule has 0 saturated carbocycles. The largest absolute Gasteiger partial charge is 0.504 e. The molecule has 0 aliphatic rings. The average molecular weight is 695 g/mol. The number of nitrogens with zero attached hydrogens (tertiary/aromatic N) is 7. The monoisotopic (exact) mass is 694 g/mol. The molecule has 5 aromatic heterocycles. The zero-order valence-electron chi connectivity index (χ0n) is 25.9. The summed E-state index contributed by atoms with van der Waals surface area (Å²) in [6.45, 7) is 0. The Labute approximate surface area is 283 Å². The van der Waals surface area contributed by atoms with Gasteiger partial charge >= 0.3 is 11.9 Å². The van der Waals surface area contributed by atoms with Crippen LogP contribution in [-0.2, 0) is 4.74 Å². The number of carboxylic acid groups (broad SMARTS) is 1. The smallest absolute Gasteiger partial charge is 0.338 e. The minimum atomic E-state index is -1.27. The number of fused-ring (bicyclic) bond motifs is 2. The molecule has 2 aromatic carbocycles. The number of aromatic carboxylic acids is 1. The SMILES string of the molecule is COC(=O)c1cc(-c2nc3ncccc3o2)cc([N+](=O)[O-])c1.Nc1ncccc1O.O=C(O)c1cc(-c2nc3ncccc3o2)cc([N+](=O)[O-])c1. The fraction of sp³-hybridized carbons (Fsp3) is 0.0312. The van der Waals surface area contributed by atoms with Crippen molar-refractivity contribution in [2.45, 2.75) is 0 Å². The van der Waals surface area contributed by atoms with Crippen LogP contribution in [0.15, 0.2) is 100 Å². The number of nitro groups is 2. The molecule has 0 fully saturated rings. The summed E-state index contributed by atoms with van der Waals surface area (Å²) in [5, 5.41) is 39.6. The fourth-order valence-electron chi connectivity index (χ4n) is 4.23. The summed E-state index contributed by atoms with van der Waals surface area (Å²) < 4.78 is 15.5. The predicted molar refractivity (Wildman–Crippen MR) is 176 cm³/mol. The van der Waals surface area contributed by atoms with Crippen molar-refractivity contribution in [2.24, 2.45) is 0 Å². The van der Waals surface area contributed by atoms with Crippen LogP contribution in [0.2, 0.25) is 0 Å². The van der Waals surface area contributed by atoms with Gasteiger partial charge < -0.3 is 29.5 Å². The van der Waals surface area contributed by atoms with Gasteiger partial charge in [-0.15, -0.1) is 0 Å². The van der Waals surface area contributed by atoms with E-state index in [1.165, 1.54) is 49.8 Å². The van der Waals surface area contributed by atoms with Crippen LogP contribution in [-0.4, -0.2) is 64.0 Å². The summed E-state index contributed by atoms with van der Waals surface area (Å²) in [6, 6.07) is 17.1. The number of nitro benzene ring substituents is 2. The summed E-state index contributed by atoms with van der Waals surface area (Å²) in [7, 11) is 1.20. The maximum Gasteiger partial charge on any atom is 0.338 e. The fourth-order valence-corrected chi connectivity index (χ4v) is 4.23. The Morgan fingerprint density at radius 2 is 1.22 bits per heavy atom. The van der Waals surface area contributed by atoms with E-state index in [1.807, 2.05) is 0 Å². The Morgan fingerprint density at radius 1 is 0.745 bits per heavy atom. The zero-order valence-corrected chi connectivity index (χ0v) is 25.9. The second-order valence-electron chi connectivity index (χ2n) is 9.94. The predicted octanol–water partition coefficient (Wildman–Crippen LogP) is 5.45. The zero-order chi connectivity index (χ0) is 36.7. The van der Waals surface area contributed by atoms with E-state index in [-0.39, 0.29) is 51.4 Å². The number of benzene rings is 2. The van der Waals surface area contributed by atoms with Crippen molar-refractivity contribution in [2.75, 3.05) is 12.8 Å². The van der Waals surface area contributed by atoms with Crippen molar-refractivity contribution >= 4 is 51.6 Å². The third-order valence-electron chi connectivity index (χ3n) is 6.57. The van der Waals surface area contributed by atoms with Crippen LogP contribution >= 0.6 is 0 Å². The Kier molecular flexibility index (Phi) is 10.1. The molecule has 19 nitrogen and oxygen atoms in total. The van der Waals surface area contributed by atoms with Crippen LogP contribution in [0.5, 0.6) is 5.75 Å². The number of hydrogen-bond acceptors (Lipinski definition) is 16. The number of anilines is 1. The lowest BCUT2D eigenvalue weighted by molar-refractivity contribution is -0.385. The molecule has 7 rings (SSSR count). The number of esters is 1. The number of aromatic nitrogens is 5. The highest BCUT2D eigenvalue weighted by Crippen LogP contribution is 2.29. The van der Waals surface area contributed by atoms with E-state index in [2.05, 4.69) is 29.7 Å². The number of carbonyl (C=O) groups is 2. The van der Waals surface area contributed by atoms with Crippen molar-refractivity contribution in [3.05, 3.63) is 123 Å². The standard InChI is InChI=1S/C14H9N3O5.C13H7N3O5.C5H6N2O/c1-21-14(18)9-5-8(6-10(7-9)17(19)20)13-16-12-11(22-13)3-2-4-15-12;17-13(18)8-4-7(5-9(6-8)16(19)20)12-15-11-10(21-12)2-1-3-14-11;6-5-4(8)2-1-3-7-5/h2-7H,1H3;1-6H,(H,17,18);1-3,8H,(H2,6,7). The molecule has 0 atom stereocenters. The molecule has 0 amide bonds. The van der Waals surface area contributed by atoms with Gasteiger partial charge in [-0.1, -0.05) is 0 Å². The second kappa shape index (κ2) is 14.9. The number of rotatable bonds is 6. The number of carboxylic acids is 1. The Balaban J connectivity index is 0.000000163. The lowest BCUT2D eigenvalue weighted by atomic mass is 10.1. The molecule has 5 heterocycles. The highest BCUT2D eigenvalue weighted by molar-refractivity contribution is 5.92. The van der Waals surface area contributed by atoms with E-state index in [0.29, 0.717) is 28.0 Å². The first-order chi connectivity index (χ1) is 24.4. The second-order valence-corrected chi connectivity index (χ2v) is 9.94. The number of nitrogen functional groups attached to an aromatic ring is 1. The Bertz CT molecular complexity index is 2310. The van der Waals surface area contributed by atoms with Gasteiger partial charge in [-0.2, -0.15) is 9.97 Å². The lowest BCUT2D eigenvalue weighted by Crippen LogP contribution is -2.02. The quantitative estimate of drug-likeness (QED) is 0.111. The Hall–Kier alpha value is -7.83. The van der Waals surface area contributed by atoms with E-state index in [4.69, 9.17) is 24.8 Å². The van der Waals surface area contributed by atoms with Gasteiger partial charge in [0, 0.05) is 54.0 Å². The lowest BCUT2D eigenvalue weighted by Gasteiger charge is -2.02. The molecule has 0 aliphatic carbocycles. The van der Waals surface area contributed by atoms with Crippen LogP contribution in [0, 0.1) is 20.2 Å². The van der Waals surface area contributed by atoms with Gasteiger partial charge in [0.25, 0.3) is 11.4 Å². The molecule has 0 radical (unpaired) electrons. The van der Waals surface area contributed by atoms with Crippen LogP contribution in [0.1, 0.15) is 20.7 Å². The van der Waals surface area contributed by atoms with Crippen molar-refractivity contribution in [1.29, 1.82) is 0 Å². The molecule has 0 unspecified atom stereocenters. The molecule has 0 saturated heterocycles. The van der Waals surface area contributed by atoms with Crippen LogP contribution in [0.25, 0.3) is 45.4 Å². The summed E-state index contributed by atoms with van der Waals surface area (Å²) in [6.07, 6.45) is 4.61. The molecule has 0 spiro atoms. The van der Waals surface area contributed by atoms with Gasteiger partial charge in [0.05, 0.1) is 28.1 Å². The normalized spacial score (nSPS) is 10.4. The molecule has 4 N–H and O–H groups in total. The van der Waals surface area contributed by atoms with Gasteiger partial charge in [-0.25, -0.2) is 24.5 Å². The van der Waals surface area contributed by atoms with Gasteiger partial charge in [-0.3, -0.25) is 20.2 Å². The van der Waals surface area contributed by atoms with Crippen molar-refractivity contribution in [3.8, 4) is 28.7 Å². The summed E-state index contributed by atoms with van der Waals surface area (Å²) in [4.78, 5) is 63.2. The van der Waals surface area contributed by atoms with Gasteiger partial charge in [0.1, 0.15) is 0 Å². The van der Waals surface area contributed by atoms with Crippen LogP contribution < -0.4 is 5.73 Å². The Morgan fingerprint density at radius 3 is 1.63 bits per heavy atom. The summed E-state index contributed by atoms with van der Waals surface area (Å²) >= 11 is 0. The topological polar surface area (TPSA) is 287 Å². The molecule has 256 valence electrons. The number of ether oxygens (including phenoxy) is 1. The first-order valence-corrected chi connectivity index (χ1v) is 14.2. The minimum absolute atomic E-state index is 0.0347. The molecule has 7 aromatic rings. The molecule has 19 heteroatoms. The number of aromatic hydroxyl groups is 1. The first kappa shape index (κ1) is 34.5. The first-order valence-electron chi connectivity index (χ1n) is 14.2. The van der Waals surface area contributed by atoms with Gasteiger partial charge in [-0.05, 0) is 48.5 Å². The van der Waals surface area contributed by atoms with Crippen LogP contribution in [0.4, 0.5) is 17.2 Å². The third kappa shape index (κ3) is 8.19. The number of non-ortho nitro benzene ring substituents is 2. The number of pyridine rings is 3.